The van der Waals surface area contributed by atoms with E-state index in [2.05, 4.69) is 20.6 Å². The molecule has 4 rings (SSSR count). The summed E-state index contributed by atoms with van der Waals surface area (Å²) in [7, 11) is 0. The van der Waals surface area contributed by atoms with Gasteiger partial charge >= 0.3 is 6.03 Å². The Morgan fingerprint density at radius 1 is 1.21 bits per heavy atom. The van der Waals surface area contributed by atoms with Gasteiger partial charge in [0.1, 0.15) is 11.6 Å². The lowest BCUT2D eigenvalue weighted by molar-refractivity contribution is 0.256. The second-order valence-corrected chi connectivity index (χ2v) is 6.54. The Hall–Kier alpha value is -3.55. The summed E-state index contributed by atoms with van der Waals surface area (Å²) in [5.74, 6) is 0.362. The summed E-state index contributed by atoms with van der Waals surface area (Å²) >= 11 is 0. The molecule has 0 saturated carbocycles. The lowest BCUT2D eigenvalue weighted by atomic mass is 10.1. The number of nitrogens with one attached hydrogen (secondary N) is 2. The van der Waals surface area contributed by atoms with Gasteiger partial charge in [-0.15, -0.1) is 0 Å². The summed E-state index contributed by atoms with van der Waals surface area (Å²) in [4.78, 5) is 27.3. The molecular formula is C20H19FN6O. The summed E-state index contributed by atoms with van der Waals surface area (Å²) in [6, 6.07) is 8.14. The van der Waals surface area contributed by atoms with Gasteiger partial charge in [0.15, 0.2) is 5.82 Å². The van der Waals surface area contributed by atoms with Crippen LogP contribution in [0.15, 0.2) is 48.9 Å². The molecule has 0 spiro atoms. The summed E-state index contributed by atoms with van der Waals surface area (Å²) in [6.07, 6.45) is 5.36. The number of aromatic nitrogens is 3. The van der Waals surface area contributed by atoms with E-state index in [0.29, 0.717) is 12.4 Å². The van der Waals surface area contributed by atoms with Crippen LogP contribution >= 0.6 is 0 Å². The molecule has 3 aromatic rings. The Morgan fingerprint density at radius 3 is 2.89 bits per heavy atom. The molecule has 0 aromatic carbocycles. The highest BCUT2D eigenvalue weighted by atomic mass is 19.1. The van der Waals surface area contributed by atoms with E-state index in [-0.39, 0.29) is 11.8 Å². The van der Waals surface area contributed by atoms with Crippen LogP contribution in [0, 0.1) is 12.7 Å². The molecule has 0 atom stereocenters. The lowest BCUT2D eigenvalue weighted by Crippen LogP contribution is -2.36. The van der Waals surface area contributed by atoms with Gasteiger partial charge < -0.3 is 5.32 Å². The summed E-state index contributed by atoms with van der Waals surface area (Å²) in [6.45, 7) is 3.20. The Balaban J connectivity index is 1.67. The largest absolute Gasteiger partial charge is 0.382 e. The summed E-state index contributed by atoms with van der Waals surface area (Å²) in [5.41, 5.74) is 3.43. The van der Waals surface area contributed by atoms with E-state index in [1.807, 2.05) is 25.1 Å². The van der Waals surface area contributed by atoms with E-state index in [0.717, 1.165) is 41.7 Å². The number of halogens is 1. The SMILES string of the molecule is Cc1cncc(-c2ccc3c(n2)N(C(=O)Nc2ccc(F)cn2)CCCN3)c1. The van der Waals surface area contributed by atoms with Crippen LogP contribution in [0.1, 0.15) is 12.0 Å². The molecule has 7 nitrogen and oxygen atoms in total. The third-order valence-corrected chi connectivity index (χ3v) is 4.38. The van der Waals surface area contributed by atoms with Gasteiger partial charge in [-0.2, -0.15) is 0 Å². The number of fused-ring (bicyclic) bond motifs is 1. The highest BCUT2D eigenvalue weighted by Gasteiger charge is 2.23. The first-order valence-corrected chi connectivity index (χ1v) is 8.97. The normalized spacial score (nSPS) is 13.3. The molecule has 0 aliphatic carbocycles. The van der Waals surface area contributed by atoms with Gasteiger partial charge in [-0.25, -0.2) is 19.2 Å². The standard InChI is InChI=1S/C20H19FN6O/c1-13-9-14(11-22-10-13)16-4-5-17-19(25-16)27(8-2-7-23-17)20(28)26-18-6-3-15(21)12-24-18/h3-6,9-12,23H,2,7-8H2,1H3,(H,24,26,28). The summed E-state index contributed by atoms with van der Waals surface area (Å²) < 4.78 is 13.1. The van der Waals surface area contributed by atoms with Gasteiger partial charge in [-0.05, 0) is 49.2 Å². The molecule has 4 heterocycles. The first-order chi connectivity index (χ1) is 13.6. The van der Waals surface area contributed by atoms with Crippen LogP contribution < -0.4 is 15.5 Å². The van der Waals surface area contributed by atoms with Crippen molar-refractivity contribution in [3.05, 3.63) is 60.3 Å². The monoisotopic (exact) mass is 378 g/mol. The number of pyridine rings is 3. The van der Waals surface area contributed by atoms with Gasteiger partial charge in [-0.1, -0.05) is 0 Å². The maximum atomic E-state index is 13.1. The fourth-order valence-corrected chi connectivity index (χ4v) is 3.04. The number of hydrogen-bond acceptors (Lipinski definition) is 5. The highest BCUT2D eigenvalue weighted by Crippen LogP contribution is 2.30. The molecule has 28 heavy (non-hydrogen) atoms. The molecular weight excluding hydrogens is 359 g/mol. The van der Waals surface area contributed by atoms with Crippen molar-refractivity contribution in [2.24, 2.45) is 0 Å². The molecule has 0 radical (unpaired) electrons. The van der Waals surface area contributed by atoms with Gasteiger partial charge in [0.25, 0.3) is 0 Å². The summed E-state index contributed by atoms with van der Waals surface area (Å²) in [5, 5.41) is 6.01. The van der Waals surface area contributed by atoms with Crippen molar-refractivity contribution < 1.29 is 9.18 Å². The minimum absolute atomic E-state index is 0.282. The zero-order valence-electron chi connectivity index (χ0n) is 15.3. The van der Waals surface area contributed by atoms with Gasteiger partial charge in [0.05, 0.1) is 17.6 Å². The fraction of sp³-hybridized carbons (Fsp3) is 0.200. The van der Waals surface area contributed by atoms with Gasteiger partial charge in [-0.3, -0.25) is 15.2 Å². The molecule has 0 fully saturated rings. The predicted molar refractivity (Wildman–Crippen MR) is 106 cm³/mol. The number of rotatable bonds is 2. The Morgan fingerprint density at radius 2 is 2.11 bits per heavy atom. The maximum Gasteiger partial charge on any atom is 0.328 e. The van der Waals surface area contributed by atoms with E-state index >= 15 is 0 Å². The van der Waals surface area contributed by atoms with Crippen LogP contribution in [0.4, 0.5) is 26.5 Å². The van der Waals surface area contributed by atoms with Crippen molar-refractivity contribution >= 4 is 23.4 Å². The number of urea groups is 1. The van der Waals surface area contributed by atoms with Crippen molar-refractivity contribution in [1.29, 1.82) is 0 Å². The smallest absolute Gasteiger partial charge is 0.328 e. The van der Waals surface area contributed by atoms with Crippen LogP contribution in [0.25, 0.3) is 11.3 Å². The van der Waals surface area contributed by atoms with Crippen molar-refractivity contribution in [2.75, 3.05) is 28.6 Å². The number of anilines is 3. The topological polar surface area (TPSA) is 83.0 Å². The van der Waals surface area contributed by atoms with Crippen molar-refractivity contribution in [2.45, 2.75) is 13.3 Å². The molecule has 2 N–H and O–H groups in total. The van der Waals surface area contributed by atoms with Crippen LogP contribution in [0.2, 0.25) is 0 Å². The first kappa shape index (κ1) is 17.8. The van der Waals surface area contributed by atoms with Gasteiger partial charge in [0.2, 0.25) is 0 Å². The molecule has 1 aliphatic rings. The molecule has 0 bridgehead atoms. The first-order valence-electron chi connectivity index (χ1n) is 8.97. The second kappa shape index (κ2) is 7.59. The molecule has 142 valence electrons. The maximum absolute atomic E-state index is 13.1. The van der Waals surface area contributed by atoms with E-state index in [1.54, 1.807) is 17.3 Å². The third-order valence-electron chi connectivity index (χ3n) is 4.38. The van der Waals surface area contributed by atoms with Crippen molar-refractivity contribution in [1.82, 2.24) is 15.0 Å². The Labute approximate surface area is 161 Å². The van der Waals surface area contributed by atoms with Crippen LogP contribution in [-0.2, 0) is 0 Å². The molecule has 0 saturated heterocycles. The predicted octanol–water partition coefficient (Wildman–Crippen LogP) is 3.84. The Kier molecular flexibility index (Phi) is 4.84. The number of aryl methyl sites for hydroxylation is 1. The third kappa shape index (κ3) is 3.75. The molecule has 1 aliphatic heterocycles. The van der Waals surface area contributed by atoms with E-state index in [4.69, 9.17) is 4.98 Å². The Bertz CT molecular complexity index is 1010. The minimum Gasteiger partial charge on any atom is -0.382 e. The zero-order chi connectivity index (χ0) is 19.5. The number of hydrogen-bond donors (Lipinski definition) is 2. The van der Waals surface area contributed by atoms with Crippen molar-refractivity contribution in [3.8, 4) is 11.3 Å². The second-order valence-electron chi connectivity index (χ2n) is 6.54. The van der Waals surface area contributed by atoms with Gasteiger partial charge in [0, 0.05) is 31.0 Å². The molecule has 2 amide bonds. The number of carbonyl (C=O) groups excluding carboxylic acids is 1. The van der Waals surface area contributed by atoms with E-state index < -0.39 is 5.82 Å². The average Bonchev–Trinajstić information content (AvgIpc) is 2.91. The van der Waals surface area contributed by atoms with Crippen LogP contribution in [-0.4, -0.2) is 34.1 Å². The van der Waals surface area contributed by atoms with E-state index in [1.165, 1.54) is 12.1 Å². The highest BCUT2D eigenvalue weighted by molar-refractivity contribution is 6.02. The van der Waals surface area contributed by atoms with Crippen molar-refractivity contribution in [3.63, 3.8) is 0 Å². The average molecular weight is 378 g/mol. The zero-order valence-corrected chi connectivity index (χ0v) is 15.3. The number of nitrogens with zero attached hydrogens (tertiary/aromatic N) is 4. The molecule has 3 aromatic heterocycles. The molecule has 8 heteroatoms. The lowest BCUT2D eigenvalue weighted by Gasteiger charge is -2.22. The van der Waals surface area contributed by atoms with E-state index in [9.17, 15) is 9.18 Å². The minimum atomic E-state index is -0.458. The van der Waals surface area contributed by atoms with Crippen LogP contribution in [0.3, 0.4) is 0 Å². The number of carbonyl (C=O) groups is 1. The molecule has 0 unspecified atom stereocenters. The quantitative estimate of drug-likeness (QED) is 0.708. The van der Waals surface area contributed by atoms with Crippen LogP contribution in [0.5, 0.6) is 0 Å². The fourth-order valence-electron chi connectivity index (χ4n) is 3.04. The number of amides is 2.